The van der Waals surface area contributed by atoms with Crippen LogP contribution in [0.5, 0.6) is 0 Å². The van der Waals surface area contributed by atoms with Gasteiger partial charge in [0, 0.05) is 23.5 Å². The molecule has 0 atom stereocenters. The molecule has 1 aromatic carbocycles. The van der Waals surface area contributed by atoms with Crippen LogP contribution in [-0.2, 0) is 0 Å². The maximum atomic E-state index is 9.22. The van der Waals surface area contributed by atoms with E-state index in [1.54, 1.807) is 0 Å². The van der Waals surface area contributed by atoms with Crippen LogP contribution in [0.15, 0.2) is 30.3 Å². The molecule has 0 aliphatic carbocycles. The number of aliphatic hydroxyl groups is 1. The molecule has 0 aliphatic heterocycles. The summed E-state index contributed by atoms with van der Waals surface area (Å²) in [6.07, 6.45) is 0. The Morgan fingerprint density at radius 2 is 2.10 bits per heavy atom. The molecule has 3 N–H and O–H groups in total. The van der Waals surface area contributed by atoms with Crippen LogP contribution in [0.4, 0.5) is 5.82 Å². The molecule has 1 heterocycles. The summed E-state index contributed by atoms with van der Waals surface area (Å²) >= 11 is 5.15. The first kappa shape index (κ1) is 14.7. The number of benzene rings is 1. The van der Waals surface area contributed by atoms with Gasteiger partial charge in [-0.2, -0.15) is 0 Å². The Labute approximate surface area is 124 Å². The number of hydrogen-bond acceptors (Lipinski definition) is 4. The van der Waals surface area contributed by atoms with Gasteiger partial charge in [-0.25, -0.2) is 4.98 Å². The van der Waals surface area contributed by atoms with Gasteiger partial charge in [-0.05, 0) is 26.0 Å². The quantitative estimate of drug-likeness (QED) is 0.825. The SMILES string of the molecule is CC(C)N(CCO)c1cc(C(N)=S)c2ccccc2n1. The highest BCUT2D eigenvalue weighted by Crippen LogP contribution is 2.24. The second-order valence-corrected chi connectivity index (χ2v) is 5.36. The van der Waals surface area contributed by atoms with E-state index < -0.39 is 0 Å². The molecule has 2 aromatic rings. The van der Waals surface area contributed by atoms with Crippen molar-refractivity contribution in [2.24, 2.45) is 5.73 Å². The molecule has 0 aliphatic rings. The number of pyridine rings is 1. The van der Waals surface area contributed by atoms with Crippen LogP contribution in [0.1, 0.15) is 19.4 Å². The predicted octanol–water partition coefficient (Wildman–Crippen LogP) is 2.08. The molecule has 0 saturated carbocycles. The lowest BCUT2D eigenvalue weighted by molar-refractivity contribution is 0.298. The number of aliphatic hydroxyl groups excluding tert-OH is 1. The second-order valence-electron chi connectivity index (χ2n) is 4.92. The summed E-state index contributed by atoms with van der Waals surface area (Å²) in [5, 5.41) is 10.2. The van der Waals surface area contributed by atoms with Crippen molar-refractivity contribution in [3.8, 4) is 0 Å². The highest BCUT2D eigenvalue weighted by molar-refractivity contribution is 7.80. The van der Waals surface area contributed by atoms with Gasteiger partial charge in [0.1, 0.15) is 10.8 Å². The van der Waals surface area contributed by atoms with Gasteiger partial charge in [-0.3, -0.25) is 0 Å². The van der Waals surface area contributed by atoms with E-state index in [1.165, 1.54) is 0 Å². The maximum Gasteiger partial charge on any atom is 0.130 e. The third-order valence-electron chi connectivity index (χ3n) is 3.23. The number of rotatable bonds is 5. The fourth-order valence-electron chi connectivity index (χ4n) is 2.26. The average Bonchev–Trinajstić information content (AvgIpc) is 2.43. The van der Waals surface area contributed by atoms with Crippen molar-refractivity contribution in [1.82, 2.24) is 4.98 Å². The number of thiocarbonyl (C=S) groups is 1. The molecule has 0 unspecified atom stereocenters. The average molecular weight is 289 g/mol. The van der Waals surface area contributed by atoms with Gasteiger partial charge in [0.05, 0.1) is 12.1 Å². The summed E-state index contributed by atoms with van der Waals surface area (Å²) in [6, 6.07) is 9.92. The second kappa shape index (κ2) is 6.15. The topological polar surface area (TPSA) is 62.4 Å². The molecule has 106 valence electrons. The van der Waals surface area contributed by atoms with E-state index in [0.717, 1.165) is 22.3 Å². The Balaban J connectivity index is 2.62. The van der Waals surface area contributed by atoms with Crippen LogP contribution in [-0.4, -0.2) is 34.3 Å². The molecule has 0 spiro atoms. The van der Waals surface area contributed by atoms with Crippen molar-refractivity contribution in [3.63, 3.8) is 0 Å². The molecule has 4 nitrogen and oxygen atoms in total. The van der Waals surface area contributed by atoms with Crippen molar-refractivity contribution in [2.45, 2.75) is 19.9 Å². The normalized spacial score (nSPS) is 11.0. The van der Waals surface area contributed by atoms with E-state index >= 15 is 0 Å². The summed E-state index contributed by atoms with van der Waals surface area (Å²) < 4.78 is 0. The smallest absolute Gasteiger partial charge is 0.130 e. The van der Waals surface area contributed by atoms with Crippen LogP contribution < -0.4 is 10.6 Å². The van der Waals surface area contributed by atoms with Crippen molar-refractivity contribution in [2.75, 3.05) is 18.1 Å². The zero-order valence-corrected chi connectivity index (χ0v) is 12.5. The standard InChI is InChI=1S/C15H19N3OS/c1-10(2)18(7-8-19)14-9-12(15(16)20)11-5-3-4-6-13(11)17-14/h3-6,9-10,19H,7-8H2,1-2H3,(H2,16,20). The highest BCUT2D eigenvalue weighted by Gasteiger charge is 2.15. The first-order chi connectivity index (χ1) is 9.54. The molecular weight excluding hydrogens is 270 g/mol. The molecule has 5 heteroatoms. The maximum absolute atomic E-state index is 9.22. The van der Waals surface area contributed by atoms with Crippen molar-refractivity contribution < 1.29 is 5.11 Å². The van der Waals surface area contributed by atoms with Crippen LogP contribution in [0.25, 0.3) is 10.9 Å². The fourth-order valence-corrected chi connectivity index (χ4v) is 2.43. The zero-order chi connectivity index (χ0) is 14.7. The molecule has 0 fully saturated rings. The molecule has 0 amide bonds. The minimum absolute atomic E-state index is 0.0785. The molecule has 1 aromatic heterocycles. The summed E-state index contributed by atoms with van der Waals surface area (Å²) in [7, 11) is 0. The van der Waals surface area contributed by atoms with E-state index in [2.05, 4.69) is 18.8 Å². The van der Waals surface area contributed by atoms with Crippen molar-refractivity contribution >= 4 is 33.9 Å². The third kappa shape index (κ3) is 2.89. The third-order valence-corrected chi connectivity index (χ3v) is 3.45. The van der Waals surface area contributed by atoms with E-state index in [9.17, 15) is 5.11 Å². The molecule has 0 saturated heterocycles. The monoisotopic (exact) mass is 289 g/mol. The lowest BCUT2D eigenvalue weighted by Crippen LogP contribution is -2.34. The summed E-state index contributed by atoms with van der Waals surface area (Å²) in [6.45, 7) is 4.73. The summed E-state index contributed by atoms with van der Waals surface area (Å²) in [5.74, 6) is 0.788. The lowest BCUT2D eigenvalue weighted by atomic mass is 10.1. The highest BCUT2D eigenvalue weighted by atomic mass is 32.1. The Morgan fingerprint density at radius 1 is 1.40 bits per heavy atom. The van der Waals surface area contributed by atoms with Crippen molar-refractivity contribution in [3.05, 3.63) is 35.9 Å². The molecular formula is C15H19N3OS. The van der Waals surface area contributed by atoms with Gasteiger partial charge in [-0.1, -0.05) is 30.4 Å². The first-order valence-corrected chi connectivity index (χ1v) is 7.02. The molecule has 0 radical (unpaired) electrons. The molecule has 2 rings (SSSR count). The Hall–Kier alpha value is -1.72. The number of hydrogen-bond donors (Lipinski definition) is 2. The number of para-hydroxylation sites is 1. The number of anilines is 1. The number of fused-ring (bicyclic) bond motifs is 1. The van der Waals surface area contributed by atoms with E-state index in [1.807, 2.05) is 35.2 Å². The summed E-state index contributed by atoms with van der Waals surface area (Å²) in [5.41, 5.74) is 7.52. The minimum atomic E-state index is 0.0785. The minimum Gasteiger partial charge on any atom is -0.395 e. The zero-order valence-electron chi connectivity index (χ0n) is 11.7. The fraction of sp³-hybridized carbons (Fsp3) is 0.333. The van der Waals surface area contributed by atoms with Crippen molar-refractivity contribution in [1.29, 1.82) is 0 Å². The van der Waals surface area contributed by atoms with E-state index in [0.29, 0.717) is 11.5 Å². The van der Waals surface area contributed by atoms with E-state index in [-0.39, 0.29) is 12.6 Å². The van der Waals surface area contributed by atoms with Crippen LogP contribution >= 0.6 is 12.2 Å². The van der Waals surface area contributed by atoms with Gasteiger partial charge >= 0.3 is 0 Å². The lowest BCUT2D eigenvalue weighted by Gasteiger charge is -2.27. The van der Waals surface area contributed by atoms with Crippen LogP contribution in [0, 0.1) is 0 Å². The van der Waals surface area contributed by atoms with Gasteiger partial charge in [-0.15, -0.1) is 0 Å². The Bertz CT molecular complexity index is 628. The van der Waals surface area contributed by atoms with Gasteiger partial charge in [0.25, 0.3) is 0 Å². The number of aromatic nitrogens is 1. The van der Waals surface area contributed by atoms with Crippen LogP contribution in [0.3, 0.4) is 0 Å². The predicted molar refractivity (Wildman–Crippen MR) is 87.2 cm³/mol. The molecule has 20 heavy (non-hydrogen) atoms. The largest absolute Gasteiger partial charge is 0.395 e. The first-order valence-electron chi connectivity index (χ1n) is 6.61. The molecule has 0 bridgehead atoms. The van der Waals surface area contributed by atoms with Gasteiger partial charge in [0.15, 0.2) is 0 Å². The van der Waals surface area contributed by atoms with Crippen LogP contribution in [0.2, 0.25) is 0 Å². The van der Waals surface area contributed by atoms with Gasteiger partial charge in [0.2, 0.25) is 0 Å². The van der Waals surface area contributed by atoms with Gasteiger partial charge < -0.3 is 15.7 Å². The Kier molecular flexibility index (Phi) is 4.52. The number of nitrogens with zero attached hydrogens (tertiary/aromatic N) is 2. The summed E-state index contributed by atoms with van der Waals surface area (Å²) in [4.78, 5) is 7.05. The number of nitrogens with two attached hydrogens (primary N) is 1. The van der Waals surface area contributed by atoms with E-state index in [4.69, 9.17) is 18.0 Å². The Morgan fingerprint density at radius 3 is 2.70 bits per heavy atom.